The third-order valence-electron chi connectivity index (χ3n) is 3.98. The number of primary amides is 1. The van der Waals surface area contributed by atoms with Crippen molar-refractivity contribution >= 4 is 11.8 Å². The fourth-order valence-corrected chi connectivity index (χ4v) is 2.75. The largest absolute Gasteiger partial charge is 0.496 e. The van der Waals surface area contributed by atoms with E-state index in [1.807, 2.05) is 29.2 Å². The van der Waals surface area contributed by atoms with Crippen molar-refractivity contribution < 1.29 is 14.3 Å². The molecule has 2 amide bonds. The minimum Gasteiger partial charge on any atom is -0.496 e. The van der Waals surface area contributed by atoms with Crippen molar-refractivity contribution in [1.82, 2.24) is 10.2 Å². The van der Waals surface area contributed by atoms with E-state index in [1.165, 1.54) is 0 Å². The van der Waals surface area contributed by atoms with Gasteiger partial charge in [-0.15, -0.1) is 0 Å². The van der Waals surface area contributed by atoms with E-state index in [0.717, 1.165) is 37.2 Å². The van der Waals surface area contributed by atoms with Gasteiger partial charge in [-0.3, -0.25) is 14.5 Å². The van der Waals surface area contributed by atoms with Crippen LogP contribution in [-0.2, 0) is 16.1 Å². The van der Waals surface area contributed by atoms with Gasteiger partial charge in [0, 0.05) is 18.0 Å². The van der Waals surface area contributed by atoms with Gasteiger partial charge in [0.15, 0.2) is 0 Å². The summed E-state index contributed by atoms with van der Waals surface area (Å²) in [6, 6.07) is 7.64. The van der Waals surface area contributed by atoms with Crippen molar-refractivity contribution in [3.63, 3.8) is 0 Å². The van der Waals surface area contributed by atoms with E-state index in [1.54, 1.807) is 7.11 Å². The van der Waals surface area contributed by atoms with Gasteiger partial charge in [-0.05, 0) is 32.0 Å². The lowest BCUT2D eigenvalue weighted by Gasteiger charge is -2.30. The molecule has 0 saturated carbocycles. The second-order valence-electron chi connectivity index (χ2n) is 5.55. The number of amides is 2. The smallest absolute Gasteiger partial charge is 0.231 e. The molecule has 6 heteroatoms. The minimum atomic E-state index is -0.320. The fourth-order valence-electron chi connectivity index (χ4n) is 2.75. The molecule has 0 atom stereocenters. The summed E-state index contributed by atoms with van der Waals surface area (Å²) in [5.41, 5.74) is 6.15. The second-order valence-corrected chi connectivity index (χ2v) is 5.55. The molecule has 1 heterocycles. The summed E-state index contributed by atoms with van der Waals surface area (Å²) in [5.74, 6) is 0.515. The van der Waals surface area contributed by atoms with Gasteiger partial charge in [0.2, 0.25) is 11.8 Å². The maximum Gasteiger partial charge on any atom is 0.231 e. The highest BCUT2D eigenvalue weighted by atomic mass is 16.5. The molecule has 1 aliphatic rings. The molecule has 0 aromatic heterocycles. The van der Waals surface area contributed by atoms with Crippen LogP contribution >= 0.6 is 0 Å². The summed E-state index contributed by atoms with van der Waals surface area (Å²) in [6.45, 7) is 2.20. The normalized spacial score (nSPS) is 16.2. The number of carbonyl (C=O) groups is 2. The monoisotopic (exact) mass is 305 g/mol. The second kappa shape index (κ2) is 7.79. The lowest BCUT2D eigenvalue weighted by Crippen LogP contribution is -2.43. The van der Waals surface area contributed by atoms with E-state index in [0.29, 0.717) is 6.54 Å². The summed E-state index contributed by atoms with van der Waals surface area (Å²) >= 11 is 0. The van der Waals surface area contributed by atoms with E-state index in [9.17, 15) is 9.59 Å². The molecule has 22 heavy (non-hydrogen) atoms. The number of methoxy groups -OCH3 is 1. The van der Waals surface area contributed by atoms with Crippen LogP contribution in [0.15, 0.2) is 24.3 Å². The summed E-state index contributed by atoms with van der Waals surface area (Å²) in [7, 11) is 1.62. The van der Waals surface area contributed by atoms with Crippen LogP contribution in [-0.4, -0.2) is 43.5 Å². The predicted octanol–water partition coefficient (Wildman–Crippen LogP) is 0.509. The maximum absolute atomic E-state index is 12.2. The average molecular weight is 305 g/mol. The lowest BCUT2D eigenvalue weighted by atomic mass is 9.96. The third kappa shape index (κ3) is 4.46. The molecule has 0 radical (unpaired) electrons. The molecular weight excluding hydrogens is 282 g/mol. The standard InChI is InChI=1S/C16H23N3O3/c1-22-14-5-3-2-4-13(14)10-18-16(21)12-6-8-19(9-7-12)11-15(17)20/h2-5,12H,6-11H2,1H3,(H2,17,20)(H,18,21). The van der Waals surface area contributed by atoms with Gasteiger partial charge in [-0.2, -0.15) is 0 Å². The first-order valence-electron chi connectivity index (χ1n) is 7.50. The van der Waals surface area contributed by atoms with Crippen LogP contribution in [0, 0.1) is 5.92 Å². The number of para-hydroxylation sites is 1. The number of ether oxygens (including phenoxy) is 1. The number of nitrogens with zero attached hydrogens (tertiary/aromatic N) is 1. The SMILES string of the molecule is COc1ccccc1CNC(=O)C1CCN(CC(N)=O)CC1. The molecule has 6 nitrogen and oxygen atoms in total. The Morgan fingerprint density at radius 1 is 1.32 bits per heavy atom. The van der Waals surface area contributed by atoms with Gasteiger partial charge in [0.05, 0.1) is 13.7 Å². The Balaban J connectivity index is 1.80. The van der Waals surface area contributed by atoms with E-state index in [4.69, 9.17) is 10.5 Å². The molecule has 3 N–H and O–H groups in total. The number of carbonyl (C=O) groups excluding carboxylic acids is 2. The van der Waals surface area contributed by atoms with Gasteiger partial charge in [0.1, 0.15) is 5.75 Å². The van der Waals surface area contributed by atoms with Crippen molar-refractivity contribution in [1.29, 1.82) is 0 Å². The minimum absolute atomic E-state index is 0.00108. The molecule has 1 fully saturated rings. The topological polar surface area (TPSA) is 84.7 Å². The summed E-state index contributed by atoms with van der Waals surface area (Å²) in [4.78, 5) is 25.1. The fraction of sp³-hybridized carbons (Fsp3) is 0.500. The van der Waals surface area contributed by atoms with Gasteiger partial charge >= 0.3 is 0 Å². The first kappa shape index (κ1) is 16.3. The molecule has 120 valence electrons. The van der Waals surface area contributed by atoms with Crippen LogP contribution < -0.4 is 15.8 Å². The number of nitrogens with two attached hydrogens (primary N) is 1. The van der Waals surface area contributed by atoms with Crippen LogP contribution in [0.25, 0.3) is 0 Å². The molecule has 2 rings (SSSR count). The number of likely N-dealkylation sites (tertiary alicyclic amines) is 1. The molecular formula is C16H23N3O3. The first-order valence-corrected chi connectivity index (χ1v) is 7.50. The van der Waals surface area contributed by atoms with Crippen LogP contribution in [0.4, 0.5) is 0 Å². The zero-order chi connectivity index (χ0) is 15.9. The lowest BCUT2D eigenvalue weighted by molar-refractivity contribution is -0.126. The number of hydrogen-bond acceptors (Lipinski definition) is 4. The van der Waals surface area contributed by atoms with E-state index < -0.39 is 0 Å². The first-order chi connectivity index (χ1) is 10.6. The summed E-state index contributed by atoms with van der Waals surface area (Å²) in [6.07, 6.45) is 1.51. The summed E-state index contributed by atoms with van der Waals surface area (Å²) < 4.78 is 5.27. The zero-order valence-electron chi connectivity index (χ0n) is 12.9. The maximum atomic E-state index is 12.2. The molecule has 1 aliphatic heterocycles. The van der Waals surface area contributed by atoms with E-state index in [-0.39, 0.29) is 24.3 Å². The average Bonchev–Trinajstić information content (AvgIpc) is 2.53. The van der Waals surface area contributed by atoms with Crippen LogP contribution in [0.1, 0.15) is 18.4 Å². The number of rotatable bonds is 6. The Morgan fingerprint density at radius 2 is 2.00 bits per heavy atom. The van der Waals surface area contributed by atoms with Gasteiger partial charge < -0.3 is 15.8 Å². The Labute approximate surface area is 130 Å². The number of benzene rings is 1. The number of hydrogen-bond donors (Lipinski definition) is 2. The van der Waals surface area contributed by atoms with Crippen molar-refractivity contribution in [3.05, 3.63) is 29.8 Å². The molecule has 1 aromatic carbocycles. The predicted molar refractivity (Wildman–Crippen MR) is 83.2 cm³/mol. The third-order valence-corrected chi connectivity index (χ3v) is 3.98. The quantitative estimate of drug-likeness (QED) is 0.802. The molecule has 0 aliphatic carbocycles. The highest BCUT2D eigenvalue weighted by molar-refractivity contribution is 5.79. The molecule has 0 spiro atoms. The molecule has 0 bridgehead atoms. The van der Waals surface area contributed by atoms with Crippen molar-refractivity contribution in [2.24, 2.45) is 11.7 Å². The van der Waals surface area contributed by atoms with E-state index in [2.05, 4.69) is 5.32 Å². The highest BCUT2D eigenvalue weighted by Crippen LogP contribution is 2.19. The number of nitrogens with one attached hydrogen (secondary N) is 1. The van der Waals surface area contributed by atoms with Crippen molar-refractivity contribution in [2.75, 3.05) is 26.7 Å². The van der Waals surface area contributed by atoms with E-state index >= 15 is 0 Å². The van der Waals surface area contributed by atoms with Gasteiger partial charge in [-0.25, -0.2) is 0 Å². The Bertz CT molecular complexity index is 525. The van der Waals surface area contributed by atoms with Gasteiger partial charge in [-0.1, -0.05) is 18.2 Å². The van der Waals surface area contributed by atoms with Crippen molar-refractivity contribution in [3.8, 4) is 5.75 Å². The van der Waals surface area contributed by atoms with Crippen LogP contribution in [0.2, 0.25) is 0 Å². The Hall–Kier alpha value is -2.08. The van der Waals surface area contributed by atoms with Gasteiger partial charge in [0.25, 0.3) is 0 Å². The van der Waals surface area contributed by atoms with Crippen LogP contribution in [0.3, 0.4) is 0 Å². The van der Waals surface area contributed by atoms with Crippen LogP contribution in [0.5, 0.6) is 5.75 Å². The molecule has 1 aromatic rings. The molecule has 0 unspecified atom stereocenters. The summed E-state index contributed by atoms with van der Waals surface area (Å²) in [5, 5.41) is 2.97. The number of piperidine rings is 1. The Kier molecular flexibility index (Phi) is 5.77. The zero-order valence-corrected chi connectivity index (χ0v) is 12.9. The Morgan fingerprint density at radius 3 is 2.64 bits per heavy atom. The van der Waals surface area contributed by atoms with Crippen molar-refractivity contribution in [2.45, 2.75) is 19.4 Å². The highest BCUT2D eigenvalue weighted by Gasteiger charge is 2.25. The molecule has 1 saturated heterocycles.